The molecule has 25 heavy (non-hydrogen) atoms. The zero-order valence-corrected chi connectivity index (χ0v) is 13.4. The van der Waals surface area contributed by atoms with Crippen molar-refractivity contribution >= 4 is 17.4 Å². The molecule has 0 spiro atoms. The highest BCUT2D eigenvalue weighted by Crippen LogP contribution is 2.17. The number of amides is 1. The first-order chi connectivity index (χ1) is 12.2. The van der Waals surface area contributed by atoms with E-state index < -0.39 is 5.82 Å². The SMILES string of the molecule is O=C(NCCc1ccccc1)c1cc(Nc2ccccc2F)ncn1. The standard InChI is InChI=1S/C19H17FN4O/c20-15-8-4-5-9-16(15)24-18-12-17(22-13-23-18)19(25)21-11-10-14-6-2-1-3-7-14/h1-9,12-13H,10-11H2,(H,21,25)(H,22,23,24). The molecule has 0 fully saturated rings. The van der Waals surface area contributed by atoms with Gasteiger partial charge in [0.25, 0.3) is 5.91 Å². The number of nitrogens with zero attached hydrogens (tertiary/aromatic N) is 2. The van der Waals surface area contributed by atoms with Crippen LogP contribution < -0.4 is 10.6 Å². The van der Waals surface area contributed by atoms with E-state index in [2.05, 4.69) is 20.6 Å². The molecule has 1 heterocycles. The lowest BCUT2D eigenvalue weighted by molar-refractivity contribution is 0.0949. The number of hydrogen-bond donors (Lipinski definition) is 2. The van der Waals surface area contributed by atoms with Crippen LogP contribution >= 0.6 is 0 Å². The van der Waals surface area contributed by atoms with Crippen LogP contribution in [0, 0.1) is 5.82 Å². The number of para-hydroxylation sites is 1. The van der Waals surface area contributed by atoms with E-state index >= 15 is 0 Å². The number of anilines is 2. The number of halogens is 1. The summed E-state index contributed by atoms with van der Waals surface area (Å²) in [5.41, 5.74) is 1.66. The van der Waals surface area contributed by atoms with Crippen LogP contribution in [0.25, 0.3) is 0 Å². The van der Waals surface area contributed by atoms with Crippen molar-refractivity contribution in [2.24, 2.45) is 0 Å². The van der Waals surface area contributed by atoms with Crippen LogP contribution in [0.3, 0.4) is 0 Å². The van der Waals surface area contributed by atoms with E-state index in [0.29, 0.717) is 12.4 Å². The maximum Gasteiger partial charge on any atom is 0.270 e. The third-order valence-corrected chi connectivity index (χ3v) is 3.58. The molecule has 2 N–H and O–H groups in total. The van der Waals surface area contributed by atoms with Gasteiger partial charge in [0.1, 0.15) is 23.7 Å². The van der Waals surface area contributed by atoms with Crippen LogP contribution in [0.4, 0.5) is 15.9 Å². The van der Waals surface area contributed by atoms with Crippen LogP contribution in [-0.4, -0.2) is 22.4 Å². The van der Waals surface area contributed by atoms with Crippen molar-refractivity contribution in [2.45, 2.75) is 6.42 Å². The number of aromatic nitrogens is 2. The summed E-state index contributed by atoms with van der Waals surface area (Å²) in [5, 5.41) is 5.66. The van der Waals surface area contributed by atoms with Crippen LogP contribution in [-0.2, 0) is 6.42 Å². The van der Waals surface area contributed by atoms with Gasteiger partial charge in [0.15, 0.2) is 0 Å². The predicted octanol–water partition coefficient (Wildman–Crippen LogP) is 3.33. The van der Waals surface area contributed by atoms with Crippen molar-refractivity contribution in [1.82, 2.24) is 15.3 Å². The lowest BCUT2D eigenvalue weighted by Crippen LogP contribution is -2.26. The van der Waals surface area contributed by atoms with E-state index in [-0.39, 0.29) is 17.3 Å². The molecule has 0 unspecified atom stereocenters. The van der Waals surface area contributed by atoms with E-state index in [1.807, 2.05) is 30.3 Å². The van der Waals surface area contributed by atoms with Crippen LogP contribution in [0.1, 0.15) is 16.1 Å². The molecule has 5 nitrogen and oxygen atoms in total. The van der Waals surface area contributed by atoms with E-state index in [4.69, 9.17) is 0 Å². The minimum absolute atomic E-state index is 0.224. The second-order valence-corrected chi connectivity index (χ2v) is 5.38. The maximum atomic E-state index is 13.7. The van der Waals surface area contributed by atoms with Crippen molar-refractivity contribution in [2.75, 3.05) is 11.9 Å². The van der Waals surface area contributed by atoms with Gasteiger partial charge < -0.3 is 10.6 Å². The topological polar surface area (TPSA) is 66.9 Å². The third-order valence-electron chi connectivity index (χ3n) is 3.58. The molecule has 0 saturated carbocycles. The van der Waals surface area contributed by atoms with Gasteiger partial charge in [-0.15, -0.1) is 0 Å². The number of benzene rings is 2. The minimum Gasteiger partial charge on any atom is -0.350 e. The third kappa shape index (κ3) is 4.60. The monoisotopic (exact) mass is 336 g/mol. The first-order valence-corrected chi connectivity index (χ1v) is 7.88. The molecule has 0 bridgehead atoms. The Hall–Kier alpha value is -3.28. The molecule has 0 aliphatic rings. The van der Waals surface area contributed by atoms with Crippen LogP contribution in [0.5, 0.6) is 0 Å². The fraction of sp³-hybridized carbons (Fsp3) is 0.105. The number of nitrogens with one attached hydrogen (secondary N) is 2. The Balaban J connectivity index is 1.60. The smallest absolute Gasteiger partial charge is 0.270 e. The fourth-order valence-electron chi connectivity index (χ4n) is 2.31. The van der Waals surface area contributed by atoms with E-state index in [9.17, 15) is 9.18 Å². The summed E-state index contributed by atoms with van der Waals surface area (Å²) in [6.45, 7) is 0.503. The highest BCUT2D eigenvalue weighted by Gasteiger charge is 2.09. The Morgan fingerprint density at radius 2 is 1.76 bits per heavy atom. The van der Waals surface area contributed by atoms with Gasteiger partial charge in [-0.1, -0.05) is 42.5 Å². The zero-order chi connectivity index (χ0) is 17.5. The average Bonchev–Trinajstić information content (AvgIpc) is 2.65. The molecule has 0 aliphatic carbocycles. The quantitative estimate of drug-likeness (QED) is 0.724. The number of carbonyl (C=O) groups is 1. The molecular formula is C19H17FN4O. The van der Waals surface area contributed by atoms with Crippen LogP contribution in [0.15, 0.2) is 67.0 Å². The normalized spacial score (nSPS) is 10.3. The summed E-state index contributed by atoms with van der Waals surface area (Å²) < 4.78 is 13.7. The summed E-state index contributed by atoms with van der Waals surface area (Å²) in [5.74, 6) is -0.335. The highest BCUT2D eigenvalue weighted by molar-refractivity contribution is 5.92. The molecule has 2 aromatic carbocycles. The molecule has 126 valence electrons. The van der Waals surface area contributed by atoms with E-state index in [1.54, 1.807) is 18.2 Å². The average molecular weight is 336 g/mol. The molecule has 1 aromatic heterocycles. The van der Waals surface area contributed by atoms with Crippen molar-refractivity contribution in [1.29, 1.82) is 0 Å². The second kappa shape index (κ2) is 8.01. The van der Waals surface area contributed by atoms with Crippen LogP contribution in [0.2, 0.25) is 0 Å². The summed E-state index contributed by atoms with van der Waals surface area (Å²) in [7, 11) is 0. The molecule has 0 saturated heterocycles. The lowest BCUT2D eigenvalue weighted by Gasteiger charge is -2.08. The first-order valence-electron chi connectivity index (χ1n) is 7.88. The highest BCUT2D eigenvalue weighted by atomic mass is 19.1. The molecule has 1 amide bonds. The van der Waals surface area contributed by atoms with Crippen molar-refractivity contribution in [3.63, 3.8) is 0 Å². The van der Waals surface area contributed by atoms with E-state index in [1.165, 1.54) is 18.5 Å². The lowest BCUT2D eigenvalue weighted by atomic mass is 10.1. The molecule has 6 heteroatoms. The van der Waals surface area contributed by atoms with Gasteiger partial charge in [-0.3, -0.25) is 4.79 Å². The minimum atomic E-state index is -0.394. The van der Waals surface area contributed by atoms with Crippen molar-refractivity contribution in [3.8, 4) is 0 Å². The van der Waals surface area contributed by atoms with Gasteiger partial charge in [0.2, 0.25) is 0 Å². The largest absolute Gasteiger partial charge is 0.350 e. The first kappa shape index (κ1) is 16.6. The summed E-state index contributed by atoms with van der Waals surface area (Å²) >= 11 is 0. The Bertz CT molecular complexity index is 855. The van der Waals surface area contributed by atoms with Gasteiger partial charge >= 0.3 is 0 Å². The molecule has 0 atom stereocenters. The molecule has 3 rings (SSSR count). The summed E-state index contributed by atoms with van der Waals surface area (Å²) in [4.78, 5) is 20.2. The fourth-order valence-corrected chi connectivity index (χ4v) is 2.31. The predicted molar refractivity (Wildman–Crippen MR) is 94.2 cm³/mol. The number of hydrogen-bond acceptors (Lipinski definition) is 4. The van der Waals surface area contributed by atoms with Crippen molar-refractivity contribution < 1.29 is 9.18 Å². The summed E-state index contributed by atoms with van der Waals surface area (Å²) in [6.07, 6.45) is 2.01. The van der Waals surface area contributed by atoms with Crippen molar-refractivity contribution in [3.05, 3.63) is 84.1 Å². The Kier molecular flexibility index (Phi) is 5.31. The van der Waals surface area contributed by atoms with Gasteiger partial charge in [0.05, 0.1) is 5.69 Å². The zero-order valence-electron chi connectivity index (χ0n) is 13.4. The van der Waals surface area contributed by atoms with Gasteiger partial charge in [-0.25, -0.2) is 14.4 Å². The Morgan fingerprint density at radius 1 is 1.00 bits per heavy atom. The maximum absolute atomic E-state index is 13.7. The Labute approximate surface area is 145 Å². The van der Waals surface area contributed by atoms with E-state index in [0.717, 1.165) is 12.0 Å². The Morgan fingerprint density at radius 3 is 2.56 bits per heavy atom. The number of carbonyl (C=O) groups excluding carboxylic acids is 1. The number of rotatable bonds is 6. The van der Waals surface area contributed by atoms with Gasteiger partial charge in [0, 0.05) is 12.6 Å². The molecular weight excluding hydrogens is 319 g/mol. The second-order valence-electron chi connectivity index (χ2n) is 5.38. The molecule has 0 radical (unpaired) electrons. The van der Waals surface area contributed by atoms with Gasteiger partial charge in [-0.2, -0.15) is 0 Å². The molecule has 3 aromatic rings. The molecule has 0 aliphatic heterocycles. The van der Waals surface area contributed by atoms with Gasteiger partial charge in [-0.05, 0) is 24.1 Å². The summed E-state index contributed by atoms with van der Waals surface area (Å²) in [6, 6.07) is 17.6.